The highest BCUT2D eigenvalue weighted by Gasteiger charge is 2.36. The van der Waals surface area contributed by atoms with Crippen molar-refractivity contribution in [1.29, 1.82) is 0 Å². The van der Waals surface area contributed by atoms with E-state index < -0.39 is 6.17 Å². The van der Waals surface area contributed by atoms with Gasteiger partial charge in [-0.1, -0.05) is 23.7 Å². The van der Waals surface area contributed by atoms with Crippen molar-refractivity contribution in [2.75, 3.05) is 6.54 Å². The highest BCUT2D eigenvalue weighted by atomic mass is 35.5. The summed E-state index contributed by atoms with van der Waals surface area (Å²) in [6, 6.07) is 7.61. The standard InChI is InChI=1S/C11H13ClFN/c1-11(6-10(13)7-14-11)8-3-2-4-9(12)5-8/h2-5,10,14H,6-7H2,1H3. The highest BCUT2D eigenvalue weighted by Crippen LogP contribution is 2.32. The number of nitrogens with one attached hydrogen (secondary N) is 1. The van der Waals surface area contributed by atoms with E-state index in [4.69, 9.17) is 11.6 Å². The Kier molecular flexibility index (Phi) is 2.50. The van der Waals surface area contributed by atoms with Gasteiger partial charge in [0, 0.05) is 23.5 Å². The maximum absolute atomic E-state index is 13.1. The minimum atomic E-state index is -0.751. The Balaban J connectivity index is 2.30. The third kappa shape index (κ3) is 1.77. The summed E-state index contributed by atoms with van der Waals surface area (Å²) in [6.07, 6.45) is -0.230. The molecule has 0 aliphatic carbocycles. The summed E-state index contributed by atoms with van der Waals surface area (Å²) < 4.78 is 13.1. The molecule has 1 N–H and O–H groups in total. The molecule has 1 aromatic carbocycles. The molecule has 3 heteroatoms. The van der Waals surface area contributed by atoms with Gasteiger partial charge in [0.15, 0.2) is 0 Å². The van der Waals surface area contributed by atoms with Crippen LogP contribution in [0.15, 0.2) is 24.3 Å². The smallest absolute Gasteiger partial charge is 0.115 e. The lowest BCUT2D eigenvalue weighted by Crippen LogP contribution is -2.32. The second-order valence-corrected chi connectivity index (χ2v) is 4.46. The maximum Gasteiger partial charge on any atom is 0.115 e. The molecule has 1 fully saturated rings. The normalized spacial score (nSPS) is 32.1. The van der Waals surface area contributed by atoms with E-state index in [1.165, 1.54) is 0 Å². The SMILES string of the molecule is CC1(c2cccc(Cl)c2)CC(F)CN1. The van der Waals surface area contributed by atoms with Gasteiger partial charge in [0.1, 0.15) is 6.17 Å². The maximum atomic E-state index is 13.1. The fourth-order valence-corrected chi connectivity index (χ4v) is 2.17. The van der Waals surface area contributed by atoms with Crippen LogP contribution in [0.3, 0.4) is 0 Å². The van der Waals surface area contributed by atoms with Gasteiger partial charge >= 0.3 is 0 Å². The largest absolute Gasteiger partial charge is 0.305 e. The quantitative estimate of drug-likeness (QED) is 0.757. The Morgan fingerprint density at radius 3 is 2.93 bits per heavy atom. The summed E-state index contributed by atoms with van der Waals surface area (Å²) in [5.41, 5.74) is 0.801. The predicted molar refractivity (Wildman–Crippen MR) is 56.3 cm³/mol. The van der Waals surface area contributed by atoms with E-state index >= 15 is 0 Å². The van der Waals surface area contributed by atoms with E-state index in [1.807, 2.05) is 31.2 Å². The van der Waals surface area contributed by atoms with Gasteiger partial charge in [-0.25, -0.2) is 4.39 Å². The van der Waals surface area contributed by atoms with Crippen molar-refractivity contribution in [3.05, 3.63) is 34.9 Å². The van der Waals surface area contributed by atoms with E-state index in [-0.39, 0.29) is 5.54 Å². The van der Waals surface area contributed by atoms with Gasteiger partial charge in [-0.2, -0.15) is 0 Å². The molecular formula is C11H13ClFN. The Bertz CT molecular complexity index is 342. The van der Waals surface area contributed by atoms with Crippen LogP contribution in [0, 0.1) is 0 Å². The molecule has 2 unspecified atom stereocenters. The van der Waals surface area contributed by atoms with Crippen molar-refractivity contribution in [2.45, 2.75) is 25.1 Å². The molecule has 0 aromatic heterocycles. The van der Waals surface area contributed by atoms with Gasteiger partial charge in [-0.15, -0.1) is 0 Å². The third-order valence-electron chi connectivity index (χ3n) is 2.81. The van der Waals surface area contributed by atoms with E-state index in [1.54, 1.807) is 0 Å². The zero-order valence-corrected chi connectivity index (χ0v) is 8.81. The first-order valence-corrected chi connectivity index (χ1v) is 5.13. The van der Waals surface area contributed by atoms with E-state index in [2.05, 4.69) is 5.32 Å². The molecule has 1 heterocycles. The van der Waals surface area contributed by atoms with Gasteiger partial charge < -0.3 is 5.32 Å². The van der Waals surface area contributed by atoms with Crippen molar-refractivity contribution in [3.8, 4) is 0 Å². The van der Waals surface area contributed by atoms with Gasteiger partial charge in [0.05, 0.1) is 0 Å². The summed E-state index contributed by atoms with van der Waals surface area (Å²) in [6.45, 7) is 2.45. The molecule has 0 radical (unpaired) electrons. The second-order valence-electron chi connectivity index (χ2n) is 4.02. The summed E-state index contributed by atoms with van der Waals surface area (Å²) in [5.74, 6) is 0. The Morgan fingerprint density at radius 1 is 1.57 bits per heavy atom. The Morgan fingerprint density at radius 2 is 2.36 bits per heavy atom. The van der Waals surface area contributed by atoms with Crippen LogP contribution >= 0.6 is 11.6 Å². The minimum Gasteiger partial charge on any atom is -0.305 e. The Hall–Kier alpha value is -0.600. The molecule has 14 heavy (non-hydrogen) atoms. The number of benzene rings is 1. The zero-order valence-electron chi connectivity index (χ0n) is 8.06. The van der Waals surface area contributed by atoms with Crippen LogP contribution in [0.2, 0.25) is 5.02 Å². The van der Waals surface area contributed by atoms with Gasteiger partial charge in [-0.3, -0.25) is 0 Å². The average molecular weight is 214 g/mol. The molecule has 76 valence electrons. The van der Waals surface area contributed by atoms with Crippen LogP contribution in [0.4, 0.5) is 4.39 Å². The molecule has 1 aromatic rings. The van der Waals surface area contributed by atoms with Crippen molar-refractivity contribution in [2.24, 2.45) is 0 Å². The first-order chi connectivity index (χ1) is 6.60. The predicted octanol–water partition coefficient (Wildman–Crippen LogP) is 2.89. The summed E-state index contributed by atoms with van der Waals surface area (Å²) in [7, 11) is 0. The lowest BCUT2D eigenvalue weighted by atomic mass is 9.90. The first kappa shape index (κ1) is 9.94. The van der Waals surface area contributed by atoms with Crippen molar-refractivity contribution >= 4 is 11.6 Å². The summed E-state index contributed by atoms with van der Waals surface area (Å²) in [4.78, 5) is 0. The van der Waals surface area contributed by atoms with Gasteiger partial charge in [0.25, 0.3) is 0 Å². The van der Waals surface area contributed by atoms with Crippen LogP contribution < -0.4 is 5.32 Å². The van der Waals surface area contributed by atoms with Gasteiger partial charge in [-0.05, 0) is 24.6 Å². The Labute approximate surface area is 88.3 Å². The van der Waals surface area contributed by atoms with Crippen molar-refractivity contribution in [1.82, 2.24) is 5.32 Å². The summed E-state index contributed by atoms with van der Waals surface area (Å²) in [5, 5.41) is 3.89. The topological polar surface area (TPSA) is 12.0 Å². The highest BCUT2D eigenvalue weighted by molar-refractivity contribution is 6.30. The fourth-order valence-electron chi connectivity index (χ4n) is 1.97. The number of hydrogen-bond acceptors (Lipinski definition) is 1. The molecule has 2 atom stereocenters. The van der Waals surface area contributed by atoms with Crippen LogP contribution in [0.25, 0.3) is 0 Å². The molecule has 1 aliphatic rings. The van der Waals surface area contributed by atoms with Gasteiger partial charge in [0.2, 0.25) is 0 Å². The monoisotopic (exact) mass is 213 g/mol. The summed E-state index contributed by atoms with van der Waals surface area (Å²) >= 11 is 5.90. The number of rotatable bonds is 1. The molecule has 1 nitrogen and oxygen atoms in total. The molecule has 0 spiro atoms. The van der Waals surface area contributed by atoms with E-state index in [0.29, 0.717) is 18.0 Å². The lowest BCUT2D eigenvalue weighted by molar-refractivity contribution is 0.333. The second kappa shape index (κ2) is 3.52. The van der Waals surface area contributed by atoms with Crippen LogP contribution in [0.1, 0.15) is 18.9 Å². The zero-order chi connectivity index (χ0) is 10.2. The van der Waals surface area contributed by atoms with Crippen molar-refractivity contribution in [3.63, 3.8) is 0 Å². The van der Waals surface area contributed by atoms with Crippen molar-refractivity contribution < 1.29 is 4.39 Å². The van der Waals surface area contributed by atoms with Crippen LogP contribution in [-0.4, -0.2) is 12.7 Å². The number of halogens is 2. The fraction of sp³-hybridized carbons (Fsp3) is 0.455. The van der Waals surface area contributed by atoms with Crippen LogP contribution in [0.5, 0.6) is 0 Å². The van der Waals surface area contributed by atoms with E-state index in [9.17, 15) is 4.39 Å². The minimum absolute atomic E-state index is 0.260. The van der Waals surface area contributed by atoms with Crippen LogP contribution in [-0.2, 0) is 5.54 Å². The molecule has 0 bridgehead atoms. The average Bonchev–Trinajstić information content (AvgIpc) is 2.48. The molecule has 2 rings (SSSR count). The number of hydrogen-bond donors (Lipinski definition) is 1. The lowest BCUT2D eigenvalue weighted by Gasteiger charge is -2.24. The molecule has 1 aliphatic heterocycles. The molecule has 0 amide bonds. The third-order valence-corrected chi connectivity index (χ3v) is 3.04. The molecular weight excluding hydrogens is 201 g/mol. The molecule has 0 saturated carbocycles. The first-order valence-electron chi connectivity index (χ1n) is 4.75. The molecule has 1 saturated heterocycles. The number of alkyl halides is 1. The van der Waals surface area contributed by atoms with E-state index in [0.717, 1.165) is 5.56 Å².